The van der Waals surface area contributed by atoms with E-state index in [1.165, 1.54) is 12.5 Å². The summed E-state index contributed by atoms with van der Waals surface area (Å²) in [6.45, 7) is 0.231. The molecular formula is C21H17N3O3. The van der Waals surface area contributed by atoms with Gasteiger partial charge in [-0.15, -0.1) is 0 Å². The summed E-state index contributed by atoms with van der Waals surface area (Å²) in [6, 6.07) is 14.3. The van der Waals surface area contributed by atoms with Gasteiger partial charge < -0.3 is 15.1 Å². The van der Waals surface area contributed by atoms with Gasteiger partial charge in [-0.05, 0) is 42.3 Å². The van der Waals surface area contributed by atoms with Gasteiger partial charge in [0, 0.05) is 30.4 Å². The van der Waals surface area contributed by atoms with Gasteiger partial charge in [0.25, 0.3) is 5.91 Å². The van der Waals surface area contributed by atoms with E-state index in [0.29, 0.717) is 16.9 Å². The molecule has 0 aliphatic carbocycles. The summed E-state index contributed by atoms with van der Waals surface area (Å²) in [6.07, 6.45) is 4.62. The fourth-order valence-corrected chi connectivity index (χ4v) is 2.26. The van der Waals surface area contributed by atoms with Crippen molar-refractivity contribution in [3.63, 3.8) is 0 Å². The van der Waals surface area contributed by atoms with E-state index in [9.17, 15) is 9.59 Å². The number of pyridine rings is 1. The Bertz CT molecular complexity index is 971. The van der Waals surface area contributed by atoms with Crippen LogP contribution in [0.4, 0.5) is 5.69 Å². The maximum atomic E-state index is 12.0. The Labute approximate surface area is 156 Å². The van der Waals surface area contributed by atoms with Crippen LogP contribution in [0.3, 0.4) is 0 Å². The summed E-state index contributed by atoms with van der Waals surface area (Å²) in [4.78, 5) is 27.9. The fraction of sp³-hybridized carbons (Fsp3) is 0.0952. The van der Waals surface area contributed by atoms with Crippen LogP contribution in [-0.2, 0) is 4.79 Å². The van der Waals surface area contributed by atoms with Crippen molar-refractivity contribution in [1.82, 2.24) is 10.3 Å². The highest BCUT2D eigenvalue weighted by atomic mass is 16.3. The maximum Gasteiger partial charge on any atom is 0.254 e. The zero-order valence-electron chi connectivity index (χ0n) is 14.4. The average Bonchev–Trinajstić information content (AvgIpc) is 3.22. The number of benzene rings is 1. The smallest absolute Gasteiger partial charge is 0.254 e. The molecule has 2 N–H and O–H groups in total. The second kappa shape index (κ2) is 9.02. The second-order valence-corrected chi connectivity index (χ2v) is 5.61. The third-order valence-electron chi connectivity index (χ3n) is 3.57. The van der Waals surface area contributed by atoms with E-state index < -0.39 is 0 Å². The zero-order valence-corrected chi connectivity index (χ0v) is 14.4. The quantitative estimate of drug-likeness (QED) is 0.686. The van der Waals surface area contributed by atoms with E-state index >= 15 is 0 Å². The van der Waals surface area contributed by atoms with Crippen molar-refractivity contribution in [3.05, 3.63) is 84.1 Å². The molecule has 0 unspecified atom stereocenters. The Morgan fingerprint density at radius 2 is 2.00 bits per heavy atom. The van der Waals surface area contributed by atoms with Crippen LogP contribution in [0.15, 0.2) is 71.7 Å². The third-order valence-corrected chi connectivity index (χ3v) is 3.57. The van der Waals surface area contributed by atoms with Gasteiger partial charge in [0.2, 0.25) is 5.91 Å². The predicted molar refractivity (Wildman–Crippen MR) is 101 cm³/mol. The minimum absolute atomic E-state index is 0.160. The van der Waals surface area contributed by atoms with E-state index in [1.54, 1.807) is 24.4 Å². The standard InChI is InChI=1S/C21H17N3O3/c25-20(9-12-23-21(26)17-10-13-27-15-17)24-19-6-3-4-16(14-19)7-8-18-5-1-2-11-22-18/h1-6,10-11,13-15H,9,12H2,(H,23,26)(H,24,25). The number of nitrogens with one attached hydrogen (secondary N) is 2. The Balaban J connectivity index is 1.51. The molecule has 0 bridgehead atoms. The highest BCUT2D eigenvalue weighted by molar-refractivity contribution is 5.95. The minimum atomic E-state index is -0.275. The van der Waals surface area contributed by atoms with Crippen LogP contribution < -0.4 is 10.6 Å². The Kier molecular flexibility index (Phi) is 6.00. The van der Waals surface area contributed by atoms with Gasteiger partial charge >= 0.3 is 0 Å². The minimum Gasteiger partial charge on any atom is -0.472 e. The van der Waals surface area contributed by atoms with Crippen LogP contribution in [0.5, 0.6) is 0 Å². The van der Waals surface area contributed by atoms with Crippen molar-refractivity contribution in [3.8, 4) is 11.8 Å². The molecule has 3 aromatic rings. The summed E-state index contributed by atoms with van der Waals surface area (Å²) < 4.78 is 4.85. The van der Waals surface area contributed by atoms with Gasteiger partial charge in [-0.3, -0.25) is 9.59 Å². The number of rotatable bonds is 5. The number of hydrogen-bond donors (Lipinski definition) is 2. The molecule has 0 aliphatic rings. The molecule has 2 amide bonds. The van der Waals surface area contributed by atoms with E-state index in [2.05, 4.69) is 27.5 Å². The number of carbonyl (C=O) groups is 2. The lowest BCUT2D eigenvalue weighted by Gasteiger charge is -2.06. The summed E-state index contributed by atoms with van der Waals surface area (Å²) in [7, 11) is 0. The second-order valence-electron chi connectivity index (χ2n) is 5.61. The number of aromatic nitrogens is 1. The number of furan rings is 1. The normalized spacial score (nSPS) is 9.78. The van der Waals surface area contributed by atoms with Gasteiger partial charge in [-0.2, -0.15) is 0 Å². The molecule has 0 aliphatic heterocycles. The summed E-state index contributed by atoms with van der Waals surface area (Å²) in [5, 5.41) is 5.46. The van der Waals surface area contributed by atoms with Crippen molar-refractivity contribution in [1.29, 1.82) is 0 Å². The topological polar surface area (TPSA) is 84.2 Å². The predicted octanol–water partition coefficient (Wildman–Crippen LogP) is 2.83. The number of hydrogen-bond acceptors (Lipinski definition) is 4. The highest BCUT2D eigenvalue weighted by Crippen LogP contribution is 2.10. The average molecular weight is 359 g/mol. The van der Waals surface area contributed by atoms with Crippen molar-refractivity contribution >= 4 is 17.5 Å². The third kappa shape index (κ3) is 5.58. The summed E-state index contributed by atoms with van der Waals surface area (Å²) >= 11 is 0. The van der Waals surface area contributed by atoms with Crippen molar-refractivity contribution in [2.75, 3.05) is 11.9 Å². The first-order valence-corrected chi connectivity index (χ1v) is 8.34. The molecule has 0 saturated heterocycles. The molecule has 0 atom stereocenters. The van der Waals surface area contributed by atoms with E-state index in [-0.39, 0.29) is 24.8 Å². The lowest BCUT2D eigenvalue weighted by molar-refractivity contribution is -0.116. The van der Waals surface area contributed by atoms with Crippen LogP contribution in [0.25, 0.3) is 0 Å². The number of anilines is 1. The molecule has 6 heteroatoms. The van der Waals surface area contributed by atoms with Gasteiger partial charge in [0.05, 0.1) is 11.8 Å². The molecule has 0 fully saturated rings. The van der Waals surface area contributed by atoms with Crippen LogP contribution in [0, 0.1) is 11.8 Å². The number of nitrogens with zero attached hydrogens (tertiary/aromatic N) is 1. The Morgan fingerprint density at radius 3 is 2.78 bits per heavy atom. The highest BCUT2D eigenvalue weighted by Gasteiger charge is 2.08. The van der Waals surface area contributed by atoms with Crippen molar-refractivity contribution in [2.24, 2.45) is 0 Å². The fourth-order valence-electron chi connectivity index (χ4n) is 2.26. The first kappa shape index (κ1) is 18.0. The van der Waals surface area contributed by atoms with E-state index in [1.807, 2.05) is 30.3 Å². The largest absolute Gasteiger partial charge is 0.472 e. The van der Waals surface area contributed by atoms with Crippen molar-refractivity contribution < 1.29 is 14.0 Å². The van der Waals surface area contributed by atoms with Gasteiger partial charge in [-0.25, -0.2) is 4.98 Å². The molecule has 0 spiro atoms. The molecule has 1 aromatic carbocycles. The van der Waals surface area contributed by atoms with Gasteiger partial charge in [0.15, 0.2) is 0 Å². The molecule has 0 radical (unpaired) electrons. The zero-order chi connectivity index (χ0) is 18.9. The molecular weight excluding hydrogens is 342 g/mol. The molecule has 134 valence electrons. The van der Waals surface area contributed by atoms with E-state index in [0.717, 1.165) is 5.56 Å². The molecule has 6 nitrogen and oxygen atoms in total. The molecule has 0 saturated carbocycles. The first-order valence-electron chi connectivity index (χ1n) is 8.34. The van der Waals surface area contributed by atoms with E-state index in [4.69, 9.17) is 4.42 Å². The van der Waals surface area contributed by atoms with Gasteiger partial charge in [0.1, 0.15) is 12.0 Å². The lowest BCUT2D eigenvalue weighted by atomic mass is 10.2. The van der Waals surface area contributed by atoms with Crippen LogP contribution in [0.2, 0.25) is 0 Å². The lowest BCUT2D eigenvalue weighted by Crippen LogP contribution is -2.27. The Morgan fingerprint density at radius 1 is 1.07 bits per heavy atom. The Hall–Kier alpha value is -3.85. The molecule has 3 rings (SSSR count). The first-order chi connectivity index (χ1) is 13.2. The van der Waals surface area contributed by atoms with Crippen LogP contribution in [-0.4, -0.2) is 23.3 Å². The number of carbonyl (C=O) groups excluding carboxylic acids is 2. The number of amides is 2. The van der Waals surface area contributed by atoms with Crippen LogP contribution in [0.1, 0.15) is 28.0 Å². The maximum absolute atomic E-state index is 12.0. The summed E-state index contributed by atoms with van der Waals surface area (Å²) in [5.41, 5.74) is 2.52. The molecule has 2 heterocycles. The van der Waals surface area contributed by atoms with Crippen LogP contribution >= 0.6 is 0 Å². The summed E-state index contributed by atoms with van der Waals surface area (Å²) in [5.74, 6) is 5.52. The molecule has 27 heavy (non-hydrogen) atoms. The molecule has 2 aromatic heterocycles. The van der Waals surface area contributed by atoms with Crippen molar-refractivity contribution in [2.45, 2.75) is 6.42 Å². The monoisotopic (exact) mass is 359 g/mol. The van der Waals surface area contributed by atoms with Gasteiger partial charge in [-0.1, -0.05) is 18.1 Å². The SMILES string of the molecule is O=C(CCNC(=O)c1ccoc1)Nc1cccc(C#Cc2ccccn2)c1.